The lowest BCUT2D eigenvalue weighted by atomic mass is 10.1. The number of nitrogens with two attached hydrogens (primary N) is 1. The van der Waals surface area contributed by atoms with E-state index in [-0.39, 0.29) is 0 Å². The first-order valence-electron chi connectivity index (χ1n) is 8.11. The van der Waals surface area contributed by atoms with Crippen LogP contribution in [-0.2, 0) is 13.1 Å². The van der Waals surface area contributed by atoms with Crippen LogP contribution in [0.15, 0.2) is 42.9 Å². The first kappa shape index (κ1) is 15.3. The van der Waals surface area contributed by atoms with Crippen LogP contribution in [0.1, 0.15) is 22.5 Å². The molecule has 0 bridgehead atoms. The van der Waals surface area contributed by atoms with Crippen LogP contribution in [0.3, 0.4) is 0 Å². The molecule has 7 heteroatoms. The summed E-state index contributed by atoms with van der Waals surface area (Å²) in [6, 6.07) is 10.6. The van der Waals surface area contributed by atoms with Crippen molar-refractivity contribution in [2.45, 2.75) is 26.9 Å². The molecule has 4 aromatic rings. The topological polar surface area (TPSA) is 87.4 Å². The molecule has 0 spiro atoms. The van der Waals surface area contributed by atoms with Gasteiger partial charge in [0.25, 0.3) is 0 Å². The van der Waals surface area contributed by atoms with E-state index in [9.17, 15) is 0 Å². The Morgan fingerprint density at radius 1 is 0.960 bits per heavy atom. The zero-order valence-corrected chi connectivity index (χ0v) is 14.2. The number of anilines is 1. The van der Waals surface area contributed by atoms with Crippen LogP contribution in [0.25, 0.3) is 11.0 Å². The summed E-state index contributed by atoms with van der Waals surface area (Å²) in [5, 5.41) is 9.73. The van der Waals surface area contributed by atoms with E-state index < -0.39 is 0 Å². The minimum atomic E-state index is 0.455. The molecule has 25 heavy (non-hydrogen) atoms. The lowest BCUT2D eigenvalue weighted by molar-refractivity contribution is 0.657. The van der Waals surface area contributed by atoms with Crippen molar-refractivity contribution >= 4 is 16.9 Å². The molecule has 0 atom stereocenters. The third-order valence-electron chi connectivity index (χ3n) is 4.20. The van der Waals surface area contributed by atoms with Gasteiger partial charge in [-0.05, 0) is 31.0 Å². The number of hydrogen-bond acceptors (Lipinski definition) is 5. The monoisotopic (exact) mass is 333 g/mol. The number of aromatic nitrogens is 6. The van der Waals surface area contributed by atoms with E-state index >= 15 is 0 Å². The Balaban J connectivity index is 1.51. The molecule has 0 saturated carbocycles. The first-order chi connectivity index (χ1) is 12.1. The first-order valence-corrected chi connectivity index (χ1v) is 8.11. The Kier molecular flexibility index (Phi) is 3.68. The fourth-order valence-corrected chi connectivity index (χ4v) is 2.93. The van der Waals surface area contributed by atoms with Gasteiger partial charge in [0, 0.05) is 11.9 Å². The van der Waals surface area contributed by atoms with Gasteiger partial charge in [0.1, 0.15) is 12.1 Å². The highest BCUT2D eigenvalue weighted by Gasteiger charge is 2.07. The number of nitrogens with zero attached hydrogens (tertiary/aromatic N) is 6. The van der Waals surface area contributed by atoms with Crippen molar-refractivity contribution in [2.75, 3.05) is 5.73 Å². The van der Waals surface area contributed by atoms with E-state index in [1.54, 1.807) is 0 Å². The standard InChI is InChI=1S/C18H19N7/c1-12-7-13(2)25(22-12)9-15-5-3-14(4-6-15)8-24-10-16-17(19)20-11-21-18(16)23-24/h3-7,10-11H,8-9H2,1-2H3,(H2,19,20,21,23). The van der Waals surface area contributed by atoms with Gasteiger partial charge >= 0.3 is 0 Å². The normalized spacial score (nSPS) is 11.3. The zero-order valence-electron chi connectivity index (χ0n) is 14.2. The molecule has 0 saturated heterocycles. The van der Waals surface area contributed by atoms with Crippen LogP contribution in [0.4, 0.5) is 5.82 Å². The van der Waals surface area contributed by atoms with Gasteiger partial charge in [0.2, 0.25) is 0 Å². The summed E-state index contributed by atoms with van der Waals surface area (Å²) in [5.74, 6) is 0.455. The SMILES string of the molecule is Cc1cc(C)n(Cc2ccc(Cn3cc4c(N)ncnc4n3)cc2)n1. The summed E-state index contributed by atoms with van der Waals surface area (Å²) in [6.07, 6.45) is 3.32. The zero-order chi connectivity index (χ0) is 17.4. The maximum absolute atomic E-state index is 5.86. The summed E-state index contributed by atoms with van der Waals surface area (Å²) in [4.78, 5) is 8.14. The Morgan fingerprint density at radius 2 is 1.68 bits per heavy atom. The fraction of sp³-hybridized carbons (Fsp3) is 0.222. The second kappa shape index (κ2) is 6.01. The molecule has 3 heterocycles. The van der Waals surface area contributed by atoms with Gasteiger partial charge in [-0.2, -0.15) is 10.2 Å². The summed E-state index contributed by atoms with van der Waals surface area (Å²) in [6.45, 7) is 5.52. The minimum Gasteiger partial charge on any atom is -0.383 e. The van der Waals surface area contributed by atoms with Gasteiger partial charge in [-0.1, -0.05) is 24.3 Å². The molecule has 0 fully saturated rings. The van der Waals surface area contributed by atoms with Crippen molar-refractivity contribution in [1.82, 2.24) is 29.5 Å². The van der Waals surface area contributed by atoms with E-state index in [1.807, 2.05) is 22.5 Å². The largest absolute Gasteiger partial charge is 0.383 e. The average molecular weight is 333 g/mol. The van der Waals surface area contributed by atoms with Crippen molar-refractivity contribution in [3.63, 3.8) is 0 Å². The van der Waals surface area contributed by atoms with Crippen molar-refractivity contribution in [3.05, 3.63) is 65.4 Å². The molecule has 126 valence electrons. The van der Waals surface area contributed by atoms with E-state index in [1.165, 1.54) is 17.6 Å². The average Bonchev–Trinajstić information content (AvgIpc) is 3.13. The van der Waals surface area contributed by atoms with E-state index in [4.69, 9.17) is 5.73 Å². The summed E-state index contributed by atoms with van der Waals surface area (Å²) >= 11 is 0. The van der Waals surface area contributed by atoms with Gasteiger partial charge in [0.15, 0.2) is 5.65 Å². The maximum atomic E-state index is 5.86. The maximum Gasteiger partial charge on any atom is 0.186 e. The summed E-state index contributed by atoms with van der Waals surface area (Å²) < 4.78 is 3.86. The molecule has 2 N–H and O–H groups in total. The predicted molar refractivity (Wildman–Crippen MR) is 96.1 cm³/mol. The molecule has 4 rings (SSSR count). The van der Waals surface area contributed by atoms with Gasteiger partial charge < -0.3 is 5.73 Å². The Morgan fingerprint density at radius 3 is 2.32 bits per heavy atom. The van der Waals surface area contributed by atoms with Crippen LogP contribution in [0.2, 0.25) is 0 Å². The molecule has 1 aromatic carbocycles. The quantitative estimate of drug-likeness (QED) is 0.619. The third-order valence-corrected chi connectivity index (χ3v) is 4.20. The second-order valence-electron chi connectivity index (χ2n) is 6.22. The highest BCUT2D eigenvalue weighted by atomic mass is 15.3. The Labute approximate surface area is 145 Å². The van der Waals surface area contributed by atoms with Crippen molar-refractivity contribution < 1.29 is 0 Å². The van der Waals surface area contributed by atoms with E-state index in [2.05, 4.69) is 57.4 Å². The molecular weight excluding hydrogens is 314 g/mol. The van der Waals surface area contributed by atoms with Crippen LogP contribution in [0.5, 0.6) is 0 Å². The molecule has 0 amide bonds. The highest BCUT2D eigenvalue weighted by molar-refractivity contribution is 5.84. The molecule has 0 aliphatic carbocycles. The number of aryl methyl sites for hydroxylation is 2. The van der Waals surface area contributed by atoms with Crippen molar-refractivity contribution in [2.24, 2.45) is 0 Å². The van der Waals surface area contributed by atoms with Crippen LogP contribution >= 0.6 is 0 Å². The van der Waals surface area contributed by atoms with E-state index in [0.717, 1.165) is 23.2 Å². The number of rotatable bonds is 4. The van der Waals surface area contributed by atoms with Crippen LogP contribution < -0.4 is 5.73 Å². The van der Waals surface area contributed by atoms with Crippen LogP contribution in [0, 0.1) is 13.8 Å². The van der Waals surface area contributed by atoms with Crippen molar-refractivity contribution in [3.8, 4) is 0 Å². The van der Waals surface area contributed by atoms with Gasteiger partial charge in [-0.15, -0.1) is 0 Å². The smallest absolute Gasteiger partial charge is 0.186 e. The lowest BCUT2D eigenvalue weighted by Gasteiger charge is -2.06. The van der Waals surface area contributed by atoms with Gasteiger partial charge in [0.05, 0.1) is 24.2 Å². The van der Waals surface area contributed by atoms with Gasteiger partial charge in [-0.25, -0.2) is 9.97 Å². The third kappa shape index (κ3) is 3.08. The molecular formula is C18H19N7. The number of hydrogen-bond donors (Lipinski definition) is 1. The Bertz CT molecular complexity index is 1030. The van der Waals surface area contributed by atoms with Crippen LogP contribution in [-0.4, -0.2) is 29.5 Å². The minimum absolute atomic E-state index is 0.455. The molecule has 0 aliphatic rings. The van der Waals surface area contributed by atoms with Gasteiger partial charge in [-0.3, -0.25) is 9.36 Å². The highest BCUT2D eigenvalue weighted by Crippen LogP contribution is 2.16. The fourth-order valence-electron chi connectivity index (χ4n) is 2.93. The lowest BCUT2D eigenvalue weighted by Crippen LogP contribution is -2.04. The number of benzene rings is 1. The number of nitrogen functional groups attached to an aromatic ring is 1. The van der Waals surface area contributed by atoms with Crippen molar-refractivity contribution in [1.29, 1.82) is 0 Å². The Hall–Kier alpha value is -3.22. The second-order valence-corrected chi connectivity index (χ2v) is 6.22. The summed E-state index contributed by atoms with van der Waals surface area (Å²) in [5.41, 5.74) is 11.1. The summed E-state index contributed by atoms with van der Waals surface area (Å²) in [7, 11) is 0. The molecule has 3 aromatic heterocycles. The molecule has 0 unspecified atom stereocenters. The van der Waals surface area contributed by atoms with E-state index in [0.29, 0.717) is 18.0 Å². The number of fused-ring (bicyclic) bond motifs is 1. The predicted octanol–water partition coefficient (Wildman–Crippen LogP) is 2.32. The molecule has 0 aliphatic heterocycles. The molecule has 7 nitrogen and oxygen atoms in total. The molecule has 0 radical (unpaired) electrons.